The molecule has 0 N–H and O–H groups in total. The van der Waals surface area contributed by atoms with Crippen LogP contribution in [0.25, 0.3) is 0 Å². The van der Waals surface area contributed by atoms with Gasteiger partial charge in [-0.1, -0.05) is 6.07 Å². The lowest BCUT2D eigenvalue weighted by Crippen LogP contribution is -2.43. The Kier molecular flexibility index (Phi) is 4.75. The zero-order valence-electron chi connectivity index (χ0n) is 13.6. The number of rotatable bonds is 4. The third-order valence-corrected chi connectivity index (χ3v) is 3.87. The van der Waals surface area contributed by atoms with Gasteiger partial charge in [0.2, 0.25) is 0 Å². The minimum Gasteiger partial charge on any atom is -0.490 e. The van der Waals surface area contributed by atoms with E-state index in [4.69, 9.17) is 9.47 Å². The summed E-state index contributed by atoms with van der Waals surface area (Å²) < 4.78 is 26.7. The highest BCUT2D eigenvalue weighted by molar-refractivity contribution is 5.97. The predicted molar refractivity (Wildman–Crippen MR) is 83.2 cm³/mol. The maximum atomic E-state index is 14.0. The van der Waals surface area contributed by atoms with Crippen LogP contribution in [-0.4, -0.2) is 51.9 Å². The molecule has 1 aromatic heterocycles. The molecule has 0 spiro atoms. The van der Waals surface area contributed by atoms with E-state index in [1.165, 1.54) is 12.1 Å². The van der Waals surface area contributed by atoms with Crippen LogP contribution in [0.1, 0.15) is 29.2 Å². The molecule has 1 amide bonds. The van der Waals surface area contributed by atoms with Crippen LogP contribution in [0.15, 0.2) is 24.5 Å². The van der Waals surface area contributed by atoms with Gasteiger partial charge in [-0.25, -0.2) is 4.39 Å². The zero-order chi connectivity index (χ0) is 17.1. The number of benzene rings is 1. The first-order valence-electron chi connectivity index (χ1n) is 7.78. The third-order valence-electron chi connectivity index (χ3n) is 3.87. The van der Waals surface area contributed by atoms with E-state index in [1.54, 1.807) is 28.8 Å². The Bertz CT molecular complexity index is 734. The maximum absolute atomic E-state index is 14.0. The molecule has 3 rings (SSSR count). The third kappa shape index (κ3) is 3.09. The smallest absolute Gasteiger partial charge is 0.257 e. The molecular weight excluding hydrogens is 315 g/mol. The van der Waals surface area contributed by atoms with E-state index in [0.717, 1.165) is 0 Å². The van der Waals surface area contributed by atoms with E-state index in [2.05, 4.69) is 10.2 Å². The number of nitrogens with zero attached hydrogens (tertiary/aromatic N) is 4. The molecule has 24 heavy (non-hydrogen) atoms. The summed E-state index contributed by atoms with van der Waals surface area (Å²) >= 11 is 0. The molecule has 0 aliphatic carbocycles. The van der Waals surface area contributed by atoms with Crippen molar-refractivity contribution in [1.29, 1.82) is 0 Å². The number of aryl methyl sites for hydroxylation is 1. The molecule has 0 bridgehead atoms. The molecular formula is C16H19FN4O3. The fourth-order valence-electron chi connectivity index (χ4n) is 2.71. The number of carbonyl (C=O) groups excluding carboxylic acids is 1. The van der Waals surface area contributed by atoms with Gasteiger partial charge in [-0.2, -0.15) is 0 Å². The molecule has 1 aromatic carbocycles. The quantitative estimate of drug-likeness (QED) is 0.849. The Balaban J connectivity index is 1.83. The van der Waals surface area contributed by atoms with Crippen LogP contribution < -0.4 is 4.74 Å². The first-order valence-corrected chi connectivity index (χ1v) is 7.78. The van der Waals surface area contributed by atoms with Crippen molar-refractivity contribution in [2.45, 2.75) is 13.0 Å². The van der Waals surface area contributed by atoms with Gasteiger partial charge in [0.15, 0.2) is 17.4 Å². The van der Waals surface area contributed by atoms with Gasteiger partial charge in [0, 0.05) is 13.6 Å². The van der Waals surface area contributed by atoms with Gasteiger partial charge >= 0.3 is 0 Å². The molecule has 8 heteroatoms. The molecule has 1 atom stereocenters. The van der Waals surface area contributed by atoms with Gasteiger partial charge in [0.25, 0.3) is 5.91 Å². The van der Waals surface area contributed by atoms with Crippen LogP contribution in [0.3, 0.4) is 0 Å². The van der Waals surface area contributed by atoms with Crippen molar-refractivity contribution in [2.24, 2.45) is 7.05 Å². The molecule has 7 nitrogen and oxygen atoms in total. The van der Waals surface area contributed by atoms with E-state index in [-0.39, 0.29) is 29.9 Å². The van der Waals surface area contributed by atoms with Crippen molar-refractivity contribution in [3.05, 3.63) is 41.7 Å². The molecule has 0 saturated carbocycles. The molecule has 1 fully saturated rings. The topological polar surface area (TPSA) is 69.5 Å². The Morgan fingerprint density at radius 3 is 3.04 bits per heavy atom. The summed E-state index contributed by atoms with van der Waals surface area (Å²) in [5.74, 6) is -0.183. The summed E-state index contributed by atoms with van der Waals surface area (Å²) in [6.45, 7) is 3.16. The fourth-order valence-corrected chi connectivity index (χ4v) is 2.71. The minimum absolute atomic E-state index is 0.00769. The summed E-state index contributed by atoms with van der Waals surface area (Å²) in [6, 6.07) is 4.36. The van der Waals surface area contributed by atoms with Crippen molar-refractivity contribution < 1.29 is 18.7 Å². The summed E-state index contributed by atoms with van der Waals surface area (Å²) in [4.78, 5) is 14.5. The van der Waals surface area contributed by atoms with Crippen LogP contribution in [0.2, 0.25) is 0 Å². The van der Waals surface area contributed by atoms with Crippen LogP contribution in [0.4, 0.5) is 4.39 Å². The normalized spacial score (nSPS) is 17.8. The second-order valence-corrected chi connectivity index (χ2v) is 5.46. The number of morpholine rings is 1. The van der Waals surface area contributed by atoms with E-state index >= 15 is 0 Å². The van der Waals surface area contributed by atoms with Crippen LogP contribution in [0.5, 0.6) is 5.75 Å². The number of hydrogen-bond acceptors (Lipinski definition) is 5. The van der Waals surface area contributed by atoms with E-state index in [1.807, 2.05) is 7.05 Å². The zero-order valence-corrected chi connectivity index (χ0v) is 13.6. The predicted octanol–water partition coefficient (Wildman–Crippen LogP) is 1.57. The molecule has 2 heterocycles. The summed E-state index contributed by atoms with van der Waals surface area (Å²) in [5, 5.41) is 7.87. The lowest BCUT2D eigenvalue weighted by atomic mass is 10.1. The minimum atomic E-state index is -0.541. The average molecular weight is 334 g/mol. The Morgan fingerprint density at radius 2 is 2.33 bits per heavy atom. The molecule has 0 radical (unpaired) electrons. The lowest BCUT2D eigenvalue weighted by Gasteiger charge is -2.32. The number of ether oxygens (including phenoxy) is 2. The highest BCUT2D eigenvalue weighted by Crippen LogP contribution is 2.27. The van der Waals surface area contributed by atoms with Crippen molar-refractivity contribution in [3.8, 4) is 5.75 Å². The van der Waals surface area contributed by atoms with Crippen LogP contribution in [0, 0.1) is 5.82 Å². The summed E-state index contributed by atoms with van der Waals surface area (Å²) in [6.07, 6.45) is 1.22. The van der Waals surface area contributed by atoms with E-state index in [9.17, 15) is 9.18 Å². The average Bonchev–Trinajstić information content (AvgIpc) is 3.02. The molecule has 2 aromatic rings. The Morgan fingerprint density at radius 1 is 1.50 bits per heavy atom. The van der Waals surface area contributed by atoms with Gasteiger partial charge < -0.3 is 18.9 Å². The van der Waals surface area contributed by atoms with Crippen molar-refractivity contribution in [1.82, 2.24) is 19.7 Å². The van der Waals surface area contributed by atoms with Crippen molar-refractivity contribution in [3.63, 3.8) is 0 Å². The monoisotopic (exact) mass is 334 g/mol. The second-order valence-electron chi connectivity index (χ2n) is 5.46. The first-order chi connectivity index (χ1) is 11.6. The largest absolute Gasteiger partial charge is 0.490 e. The highest BCUT2D eigenvalue weighted by Gasteiger charge is 2.30. The lowest BCUT2D eigenvalue weighted by molar-refractivity contribution is -0.0282. The highest BCUT2D eigenvalue weighted by atomic mass is 19.1. The van der Waals surface area contributed by atoms with E-state index < -0.39 is 5.82 Å². The van der Waals surface area contributed by atoms with Gasteiger partial charge in [0.1, 0.15) is 12.4 Å². The Hall–Kier alpha value is -2.48. The van der Waals surface area contributed by atoms with Crippen molar-refractivity contribution in [2.75, 3.05) is 26.3 Å². The van der Waals surface area contributed by atoms with Gasteiger partial charge in [-0.3, -0.25) is 4.79 Å². The Labute approximate surface area is 139 Å². The summed E-state index contributed by atoms with van der Waals surface area (Å²) in [5.41, 5.74) is 0.218. The van der Waals surface area contributed by atoms with Gasteiger partial charge in [0.05, 0.1) is 25.3 Å². The van der Waals surface area contributed by atoms with E-state index in [0.29, 0.717) is 25.5 Å². The summed E-state index contributed by atoms with van der Waals surface area (Å²) in [7, 11) is 1.82. The number of carbonyl (C=O) groups is 1. The number of hydrogen-bond donors (Lipinski definition) is 0. The first kappa shape index (κ1) is 16.4. The second kappa shape index (κ2) is 6.96. The van der Waals surface area contributed by atoms with Gasteiger partial charge in [-0.05, 0) is 19.1 Å². The number of halogens is 1. The number of amides is 1. The van der Waals surface area contributed by atoms with Crippen LogP contribution >= 0.6 is 0 Å². The number of para-hydroxylation sites is 1. The standard InChI is InChI=1S/C16H19FN4O3/c1-3-23-14-11(5-4-6-12(14)17)16(22)21-7-8-24-13(9-21)15-19-18-10-20(15)2/h4-6,10,13H,3,7-9H2,1-2H3/t13-/m1/s1. The molecule has 0 unspecified atom stereocenters. The molecule has 1 aliphatic rings. The fraction of sp³-hybridized carbons (Fsp3) is 0.438. The van der Waals surface area contributed by atoms with Crippen molar-refractivity contribution >= 4 is 5.91 Å². The number of aromatic nitrogens is 3. The van der Waals surface area contributed by atoms with Gasteiger partial charge in [-0.15, -0.1) is 10.2 Å². The SMILES string of the molecule is CCOc1c(F)cccc1C(=O)N1CCO[C@@H](c2nncn2C)C1. The molecule has 1 saturated heterocycles. The van der Waals surface area contributed by atoms with Crippen LogP contribution in [-0.2, 0) is 11.8 Å². The maximum Gasteiger partial charge on any atom is 0.257 e. The molecule has 1 aliphatic heterocycles. The molecule has 128 valence electrons.